The molecule has 0 radical (unpaired) electrons. The van der Waals surface area contributed by atoms with Crippen molar-refractivity contribution in [3.63, 3.8) is 0 Å². The quantitative estimate of drug-likeness (QED) is 0.440. The Morgan fingerprint density at radius 1 is 1.11 bits per heavy atom. The van der Waals surface area contributed by atoms with E-state index in [0.717, 1.165) is 0 Å². The van der Waals surface area contributed by atoms with Crippen LogP contribution in [0.4, 0.5) is 0 Å². The summed E-state index contributed by atoms with van der Waals surface area (Å²) in [6.07, 6.45) is -0.115. The fourth-order valence-electron chi connectivity index (χ4n) is 1.09. The Hall–Kier alpha value is -2.12. The molecule has 1 unspecified atom stereocenters. The fourth-order valence-corrected chi connectivity index (χ4v) is 1.09. The molecule has 0 aromatic rings. The summed E-state index contributed by atoms with van der Waals surface area (Å²) in [5, 5.41) is 21.5. The molecule has 0 saturated heterocycles. The summed E-state index contributed by atoms with van der Waals surface area (Å²) in [5.74, 6) is -3.41. The third kappa shape index (κ3) is 7.20. The zero-order valence-corrected chi connectivity index (χ0v) is 9.93. The monoisotopic (exact) mass is 260 g/mol. The predicted molar refractivity (Wildman–Crippen MR) is 59.7 cm³/mol. The number of carbonyl (C=O) groups excluding carboxylic acids is 2. The lowest BCUT2D eigenvalue weighted by molar-refractivity contribution is -0.142. The van der Waals surface area contributed by atoms with Gasteiger partial charge in [0.2, 0.25) is 11.8 Å². The van der Waals surface area contributed by atoms with E-state index in [9.17, 15) is 19.2 Å². The van der Waals surface area contributed by atoms with Gasteiger partial charge in [0.05, 0.1) is 0 Å². The van der Waals surface area contributed by atoms with Crippen molar-refractivity contribution < 1.29 is 29.4 Å². The highest BCUT2D eigenvalue weighted by Gasteiger charge is 2.20. The average Bonchev–Trinajstić information content (AvgIpc) is 2.30. The number of hydrogen-bond acceptors (Lipinski definition) is 4. The number of hydrogen-bond donors (Lipinski definition) is 4. The van der Waals surface area contributed by atoms with Gasteiger partial charge in [0, 0.05) is 12.8 Å². The molecule has 8 nitrogen and oxygen atoms in total. The van der Waals surface area contributed by atoms with Crippen molar-refractivity contribution >= 4 is 23.8 Å². The molecule has 102 valence electrons. The highest BCUT2D eigenvalue weighted by atomic mass is 16.4. The summed E-state index contributed by atoms with van der Waals surface area (Å²) in [6, 6.07) is -1.15. The number of amides is 2. The lowest BCUT2D eigenvalue weighted by Crippen LogP contribution is -2.41. The normalized spacial score (nSPS) is 11.4. The average molecular weight is 260 g/mol. The van der Waals surface area contributed by atoms with E-state index in [4.69, 9.17) is 10.2 Å². The summed E-state index contributed by atoms with van der Waals surface area (Å²) >= 11 is 0. The van der Waals surface area contributed by atoms with E-state index in [1.54, 1.807) is 6.92 Å². The minimum atomic E-state index is -1.23. The third-order valence-electron chi connectivity index (χ3n) is 2.05. The second-order valence-corrected chi connectivity index (χ2v) is 3.52. The van der Waals surface area contributed by atoms with Gasteiger partial charge in [0.15, 0.2) is 0 Å². The van der Waals surface area contributed by atoms with Gasteiger partial charge in [-0.25, -0.2) is 4.79 Å². The molecular weight excluding hydrogens is 244 g/mol. The van der Waals surface area contributed by atoms with E-state index in [0.29, 0.717) is 0 Å². The predicted octanol–water partition coefficient (Wildman–Crippen LogP) is -1.05. The van der Waals surface area contributed by atoms with Crippen LogP contribution in [0, 0.1) is 0 Å². The van der Waals surface area contributed by atoms with Gasteiger partial charge in [-0.05, 0) is 6.42 Å². The Balaban J connectivity index is 4.11. The van der Waals surface area contributed by atoms with Crippen LogP contribution in [0.3, 0.4) is 0 Å². The zero-order chi connectivity index (χ0) is 14.1. The maximum absolute atomic E-state index is 11.1. The van der Waals surface area contributed by atoms with Gasteiger partial charge >= 0.3 is 11.9 Å². The van der Waals surface area contributed by atoms with Crippen LogP contribution >= 0.6 is 0 Å². The second-order valence-electron chi connectivity index (χ2n) is 3.52. The molecule has 0 rings (SSSR count). The molecule has 0 spiro atoms. The first-order valence-electron chi connectivity index (χ1n) is 5.37. The van der Waals surface area contributed by atoms with E-state index in [-0.39, 0.29) is 19.3 Å². The van der Waals surface area contributed by atoms with Gasteiger partial charge in [-0.1, -0.05) is 6.92 Å². The van der Waals surface area contributed by atoms with Crippen LogP contribution in [0.15, 0.2) is 0 Å². The topological polar surface area (TPSA) is 133 Å². The Morgan fingerprint density at radius 2 is 1.72 bits per heavy atom. The summed E-state index contributed by atoms with van der Waals surface area (Å²) in [6.45, 7) is 1.06. The molecule has 0 aliphatic carbocycles. The molecule has 0 aliphatic rings. The second kappa shape index (κ2) is 8.04. The standard InChI is InChI=1S/C10H16N2O6/c1-2-7(13)12-6(10(17)18)3-4-8(14)11-5-9(15)16/h6H,2-5H2,1H3,(H,11,14)(H,12,13)(H,15,16)(H,17,18). The van der Waals surface area contributed by atoms with E-state index in [1.807, 2.05) is 0 Å². The lowest BCUT2D eigenvalue weighted by Gasteiger charge is -2.13. The summed E-state index contributed by atoms with van der Waals surface area (Å²) < 4.78 is 0. The van der Waals surface area contributed by atoms with Crippen molar-refractivity contribution in [1.82, 2.24) is 10.6 Å². The van der Waals surface area contributed by atoms with E-state index in [2.05, 4.69) is 10.6 Å². The number of rotatable bonds is 8. The first-order chi connectivity index (χ1) is 8.36. The number of aliphatic carboxylic acids is 2. The van der Waals surface area contributed by atoms with E-state index >= 15 is 0 Å². The molecule has 0 fully saturated rings. The molecule has 4 N–H and O–H groups in total. The highest BCUT2D eigenvalue weighted by molar-refractivity contribution is 5.85. The summed E-state index contributed by atoms with van der Waals surface area (Å²) in [4.78, 5) is 43.1. The number of carbonyl (C=O) groups is 4. The smallest absolute Gasteiger partial charge is 0.326 e. The van der Waals surface area contributed by atoms with Crippen molar-refractivity contribution in [2.24, 2.45) is 0 Å². The van der Waals surface area contributed by atoms with Gasteiger partial charge in [-0.15, -0.1) is 0 Å². The largest absolute Gasteiger partial charge is 0.480 e. The molecule has 0 saturated carbocycles. The molecule has 18 heavy (non-hydrogen) atoms. The van der Waals surface area contributed by atoms with E-state index < -0.39 is 36.3 Å². The number of carboxylic acids is 2. The van der Waals surface area contributed by atoms with Gasteiger partial charge in [-0.3, -0.25) is 14.4 Å². The zero-order valence-electron chi connectivity index (χ0n) is 9.93. The fraction of sp³-hybridized carbons (Fsp3) is 0.600. The van der Waals surface area contributed by atoms with Crippen LogP contribution in [0.5, 0.6) is 0 Å². The molecular formula is C10H16N2O6. The van der Waals surface area contributed by atoms with E-state index in [1.165, 1.54) is 0 Å². The molecule has 0 heterocycles. The Labute approximate surface area is 103 Å². The molecule has 0 bridgehead atoms. The van der Waals surface area contributed by atoms with Crippen molar-refractivity contribution in [3.8, 4) is 0 Å². The van der Waals surface area contributed by atoms with Gasteiger partial charge in [0.1, 0.15) is 12.6 Å². The van der Waals surface area contributed by atoms with Crippen LogP contribution < -0.4 is 10.6 Å². The Bertz CT molecular complexity index is 341. The molecule has 0 aromatic heterocycles. The van der Waals surface area contributed by atoms with Gasteiger partial charge in [-0.2, -0.15) is 0 Å². The molecule has 1 atom stereocenters. The van der Waals surface area contributed by atoms with Crippen LogP contribution in [0.2, 0.25) is 0 Å². The van der Waals surface area contributed by atoms with Gasteiger partial charge < -0.3 is 20.8 Å². The van der Waals surface area contributed by atoms with Crippen molar-refractivity contribution in [3.05, 3.63) is 0 Å². The minimum absolute atomic E-state index is 0.0907. The van der Waals surface area contributed by atoms with Crippen LogP contribution in [0.1, 0.15) is 26.2 Å². The maximum Gasteiger partial charge on any atom is 0.326 e. The highest BCUT2D eigenvalue weighted by Crippen LogP contribution is 1.98. The Kier molecular flexibility index (Phi) is 7.10. The third-order valence-corrected chi connectivity index (χ3v) is 2.05. The molecule has 8 heteroatoms. The van der Waals surface area contributed by atoms with Gasteiger partial charge in [0.25, 0.3) is 0 Å². The summed E-state index contributed by atoms with van der Waals surface area (Å²) in [7, 11) is 0. The lowest BCUT2D eigenvalue weighted by atomic mass is 10.1. The first kappa shape index (κ1) is 15.9. The van der Waals surface area contributed by atoms with Crippen molar-refractivity contribution in [2.75, 3.05) is 6.54 Å². The molecule has 0 aromatic carbocycles. The maximum atomic E-state index is 11.1. The van der Waals surface area contributed by atoms with Crippen LogP contribution in [-0.2, 0) is 19.2 Å². The van der Waals surface area contributed by atoms with Crippen molar-refractivity contribution in [1.29, 1.82) is 0 Å². The first-order valence-corrected chi connectivity index (χ1v) is 5.37. The SMILES string of the molecule is CCC(=O)NC(CCC(=O)NCC(=O)O)C(=O)O. The van der Waals surface area contributed by atoms with Crippen LogP contribution in [0.25, 0.3) is 0 Å². The molecule has 2 amide bonds. The number of nitrogens with one attached hydrogen (secondary N) is 2. The molecule has 0 aliphatic heterocycles. The Morgan fingerprint density at radius 3 is 2.17 bits per heavy atom. The minimum Gasteiger partial charge on any atom is -0.480 e. The number of carboxylic acid groups (broad SMARTS) is 2. The summed E-state index contributed by atoms with van der Waals surface area (Å²) in [5.41, 5.74) is 0. The van der Waals surface area contributed by atoms with Crippen LogP contribution in [-0.4, -0.2) is 46.6 Å². The van der Waals surface area contributed by atoms with Crippen molar-refractivity contribution in [2.45, 2.75) is 32.2 Å².